The fourth-order valence-electron chi connectivity index (χ4n) is 1.34. The highest BCUT2D eigenvalue weighted by Crippen LogP contribution is 2.08. The molecule has 0 spiro atoms. The van der Waals surface area contributed by atoms with Crippen LogP contribution in [0.3, 0.4) is 0 Å². The first kappa shape index (κ1) is 13.2. The van der Waals surface area contributed by atoms with Crippen molar-refractivity contribution in [3.63, 3.8) is 0 Å². The predicted octanol–water partition coefficient (Wildman–Crippen LogP) is 2.27. The van der Waals surface area contributed by atoms with Crippen molar-refractivity contribution >= 4 is 5.82 Å². The molecule has 0 fully saturated rings. The number of nitrogens with zero attached hydrogens (tertiary/aromatic N) is 2. The minimum Gasteiger partial charge on any atom is -0.379 e. The molecule has 0 aromatic carbocycles. The fourth-order valence-corrected chi connectivity index (χ4v) is 1.34. The monoisotopic (exact) mass is 231 g/mol. The van der Waals surface area contributed by atoms with Gasteiger partial charge in [-0.05, 0) is 25.5 Å². The van der Waals surface area contributed by atoms with Gasteiger partial charge in [0, 0.05) is 12.2 Å². The summed E-state index contributed by atoms with van der Waals surface area (Å²) in [6.45, 7) is 7.47. The summed E-state index contributed by atoms with van der Waals surface area (Å²) in [5, 5.41) is 11.9. The summed E-state index contributed by atoms with van der Waals surface area (Å²) in [7, 11) is 0. The number of ether oxygens (including phenoxy) is 1. The van der Waals surface area contributed by atoms with E-state index in [1.807, 2.05) is 13.0 Å². The molecule has 0 amide bonds. The van der Waals surface area contributed by atoms with Crippen molar-refractivity contribution < 1.29 is 4.74 Å². The van der Waals surface area contributed by atoms with Gasteiger partial charge in [-0.1, -0.05) is 6.08 Å². The van der Waals surface area contributed by atoms with Gasteiger partial charge in [-0.3, -0.25) is 0 Å². The second-order valence-electron chi connectivity index (χ2n) is 3.61. The molecule has 1 aromatic heterocycles. The van der Waals surface area contributed by atoms with Gasteiger partial charge in [-0.25, -0.2) is 4.98 Å². The lowest BCUT2D eigenvalue weighted by molar-refractivity contribution is 0.149. The fraction of sp³-hybridized carbons (Fsp3) is 0.385. The molecule has 0 saturated carbocycles. The van der Waals surface area contributed by atoms with E-state index in [9.17, 15) is 0 Å². The SMILES string of the molecule is C=CCCOCCNc1cc(C#N)cc(C)n1. The third kappa shape index (κ3) is 5.14. The van der Waals surface area contributed by atoms with Gasteiger partial charge < -0.3 is 10.1 Å². The first-order valence-corrected chi connectivity index (χ1v) is 5.57. The van der Waals surface area contributed by atoms with Crippen LogP contribution in [0, 0.1) is 18.3 Å². The number of anilines is 1. The van der Waals surface area contributed by atoms with E-state index in [1.54, 1.807) is 12.1 Å². The zero-order valence-electron chi connectivity index (χ0n) is 10.1. The average Bonchev–Trinajstić information content (AvgIpc) is 2.33. The molecule has 90 valence electrons. The smallest absolute Gasteiger partial charge is 0.127 e. The lowest BCUT2D eigenvalue weighted by Crippen LogP contribution is -2.11. The highest BCUT2D eigenvalue weighted by Gasteiger charge is 1.98. The molecule has 17 heavy (non-hydrogen) atoms. The topological polar surface area (TPSA) is 57.9 Å². The maximum absolute atomic E-state index is 8.82. The Morgan fingerprint density at radius 3 is 3.06 bits per heavy atom. The van der Waals surface area contributed by atoms with Crippen LogP contribution in [-0.4, -0.2) is 24.7 Å². The second kappa shape index (κ2) is 7.42. The van der Waals surface area contributed by atoms with Crippen molar-refractivity contribution in [1.29, 1.82) is 5.26 Å². The van der Waals surface area contributed by atoms with Crippen LogP contribution in [-0.2, 0) is 4.74 Å². The van der Waals surface area contributed by atoms with Gasteiger partial charge in [0.15, 0.2) is 0 Å². The zero-order chi connectivity index (χ0) is 12.5. The van der Waals surface area contributed by atoms with Crippen LogP contribution >= 0.6 is 0 Å². The van der Waals surface area contributed by atoms with E-state index in [4.69, 9.17) is 10.00 Å². The van der Waals surface area contributed by atoms with Crippen molar-refractivity contribution in [3.8, 4) is 6.07 Å². The third-order valence-electron chi connectivity index (χ3n) is 2.10. The Morgan fingerprint density at radius 1 is 1.53 bits per heavy atom. The molecule has 0 saturated heterocycles. The highest BCUT2D eigenvalue weighted by molar-refractivity contribution is 5.44. The number of pyridine rings is 1. The Labute approximate surface area is 102 Å². The molecular formula is C13H17N3O. The van der Waals surface area contributed by atoms with E-state index in [1.165, 1.54) is 0 Å². The van der Waals surface area contributed by atoms with Gasteiger partial charge in [-0.15, -0.1) is 6.58 Å². The molecule has 0 radical (unpaired) electrons. The lowest BCUT2D eigenvalue weighted by atomic mass is 10.2. The normalized spacial score (nSPS) is 9.65. The molecule has 0 atom stereocenters. The first-order valence-electron chi connectivity index (χ1n) is 5.57. The molecule has 0 aliphatic heterocycles. The molecule has 1 aromatic rings. The molecule has 1 N–H and O–H groups in total. The highest BCUT2D eigenvalue weighted by atomic mass is 16.5. The van der Waals surface area contributed by atoms with Crippen LogP contribution in [0.2, 0.25) is 0 Å². The lowest BCUT2D eigenvalue weighted by Gasteiger charge is -2.07. The molecule has 4 heteroatoms. The number of aryl methyl sites for hydroxylation is 1. The van der Waals surface area contributed by atoms with Crippen molar-refractivity contribution in [2.45, 2.75) is 13.3 Å². The summed E-state index contributed by atoms with van der Waals surface area (Å²) in [4.78, 5) is 4.28. The molecule has 1 heterocycles. The minimum atomic E-state index is 0.616. The van der Waals surface area contributed by atoms with E-state index >= 15 is 0 Å². The largest absolute Gasteiger partial charge is 0.379 e. The van der Waals surface area contributed by atoms with Crippen molar-refractivity contribution in [2.24, 2.45) is 0 Å². The van der Waals surface area contributed by atoms with E-state index in [2.05, 4.69) is 22.9 Å². The number of aromatic nitrogens is 1. The standard InChI is InChI=1S/C13H17N3O/c1-3-4-6-17-7-5-15-13-9-12(10-14)8-11(2)16-13/h3,8-9H,1,4-7H2,2H3,(H,15,16). The van der Waals surface area contributed by atoms with E-state index in [-0.39, 0.29) is 0 Å². The van der Waals surface area contributed by atoms with Crippen molar-refractivity contribution in [3.05, 3.63) is 36.0 Å². The predicted molar refractivity (Wildman–Crippen MR) is 67.8 cm³/mol. The number of nitrogens with one attached hydrogen (secondary N) is 1. The van der Waals surface area contributed by atoms with Crippen LogP contribution < -0.4 is 5.32 Å². The number of hydrogen-bond acceptors (Lipinski definition) is 4. The average molecular weight is 231 g/mol. The van der Waals surface area contributed by atoms with E-state index in [0.29, 0.717) is 31.1 Å². The van der Waals surface area contributed by atoms with Gasteiger partial charge in [0.05, 0.1) is 24.8 Å². The number of nitriles is 1. The van der Waals surface area contributed by atoms with Gasteiger partial charge >= 0.3 is 0 Å². The quantitative estimate of drug-likeness (QED) is 0.577. The Bertz CT molecular complexity index is 410. The Hall–Kier alpha value is -1.86. The molecule has 1 rings (SSSR count). The zero-order valence-corrected chi connectivity index (χ0v) is 10.1. The van der Waals surface area contributed by atoms with Crippen LogP contribution in [0.25, 0.3) is 0 Å². The summed E-state index contributed by atoms with van der Waals surface area (Å²) in [5.41, 5.74) is 1.45. The molecule has 0 aliphatic carbocycles. The molecular weight excluding hydrogens is 214 g/mol. The summed E-state index contributed by atoms with van der Waals surface area (Å²) in [6.07, 6.45) is 2.69. The Morgan fingerprint density at radius 2 is 2.35 bits per heavy atom. The molecule has 0 bridgehead atoms. The van der Waals surface area contributed by atoms with Crippen LogP contribution in [0.1, 0.15) is 17.7 Å². The van der Waals surface area contributed by atoms with Crippen LogP contribution in [0.5, 0.6) is 0 Å². The van der Waals surface area contributed by atoms with Crippen molar-refractivity contribution in [1.82, 2.24) is 4.98 Å². The Balaban J connectivity index is 2.34. The molecule has 4 nitrogen and oxygen atoms in total. The third-order valence-corrected chi connectivity index (χ3v) is 2.10. The second-order valence-corrected chi connectivity index (χ2v) is 3.61. The maximum Gasteiger partial charge on any atom is 0.127 e. The summed E-state index contributed by atoms with van der Waals surface area (Å²) >= 11 is 0. The minimum absolute atomic E-state index is 0.616. The maximum atomic E-state index is 8.82. The van der Waals surface area contributed by atoms with Gasteiger partial charge in [-0.2, -0.15) is 5.26 Å². The van der Waals surface area contributed by atoms with Crippen molar-refractivity contribution in [2.75, 3.05) is 25.1 Å². The van der Waals surface area contributed by atoms with Gasteiger partial charge in [0.2, 0.25) is 0 Å². The summed E-state index contributed by atoms with van der Waals surface area (Å²) in [5.74, 6) is 0.717. The van der Waals surface area contributed by atoms with E-state index < -0.39 is 0 Å². The summed E-state index contributed by atoms with van der Waals surface area (Å²) < 4.78 is 5.36. The first-order chi connectivity index (χ1) is 8.26. The van der Waals surface area contributed by atoms with E-state index in [0.717, 1.165) is 12.1 Å². The number of rotatable bonds is 7. The van der Waals surface area contributed by atoms with Crippen LogP contribution in [0.4, 0.5) is 5.82 Å². The van der Waals surface area contributed by atoms with Gasteiger partial charge in [0.25, 0.3) is 0 Å². The Kier molecular flexibility index (Phi) is 5.76. The number of hydrogen-bond donors (Lipinski definition) is 1. The van der Waals surface area contributed by atoms with Gasteiger partial charge in [0.1, 0.15) is 5.82 Å². The molecule has 0 unspecified atom stereocenters. The summed E-state index contributed by atoms with van der Waals surface area (Å²) in [6, 6.07) is 5.59. The molecule has 0 aliphatic rings. The van der Waals surface area contributed by atoms with Crippen LogP contribution in [0.15, 0.2) is 24.8 Å².